The summed E-state index contributed by atoms with van der Waals surface area (Å²) in [6, 6.07) is 11.8. The second-order valence-electron chi connectivity index (χ2n) is 7.89. The predicted molar refractivity (Wildman–Crippen MR) is 130 cm³/mol. The summed E-state index contributed by atoms with van der Waals surface area (Å²) in [4.78, 5) is 24.1. The fourth-order valence-corrected chi connectivity index (χ4v) is 5.85. The summed E-state index contributed by atoms with van der Waals surface area (Å²) in [5.41, 5.74) is 2.80. The minimum atomic E-state index is 0.139. The summed E-state index contributed by atoms with van der Waals surface area (Å²) in [5, 5.41) is 5.69. The van der Waals surface area contributed by atoms with Crippen LogP contribution in [0, 0.1) is 13.8 Å². The van der Waals surface area contributed by atoms with Crippen molar-refractivity contribution in [3.8, 4) is 11.4 Å². The molecule has 1 aliphatic heterocycles. The Labute approximate surface area is 194 Å². The average Bonchev–Trinajstić information content (AvgIpc) is 3.45. The summed E-state index contributed by atoms with van der Waals surface area (Å²) in [5.74, 6) is 0.953. The molecule has 0 unspecified atom stereocenters. The number of amides is 1. The molecule has 0 bridgehead atoms. The first kappa shape index (κ1) is 21.0. The quantitative estimate of drug-likeness (QED) is 0.442. The zero-order valence-corrected chi connectivity index (χ0v) is 20.0. The number of nitrogens with zero attached hydrogens (tertiary/aromatic N) is 5. The van der Waals surface area contributed by atoms with Gasteiger partial charge in [0.1, 0.15) is 5.75 Å². The largest absolute Gasteiger partial charge is 0.497 e. The van der Waals surface area contributed by atoms with Crippen LogP contribution in [0.15, 0.2) is 36.4 Å². The number of carbonyl (C=O) groups is 1. The maximum atomic E-state index is 12.9. The van der Waals surface area contributed by atoms with Gasteiger partial charge in [-0.15, -0.1) is 11.3 Å². The van der Waals surface area contributed by atoms with Crippen LogP contribution in [0.5, 0.6) is 5.75 Å². The molecular formula is C23H25N5O2S2. The molecule has 0 spiro atoms. The first-order chi connectivity index (χ1) is 15.5. The number of aromatic nitrogens is 3. The third kappa shape index (κ3) is 3.86. The molecule has 0 N–H and O–H groups in total. The van der Waals surface area contributed by atoms with E-state index < -0.39 is 0 Å². The summed E-state index contributed by atoms with van der Waals surface area (Å²) >= 11 is 3.25. The molecule has 1 aromatic carbocycles. The van der Waals surface area contributed by atoms with Crippen molar-refractivity contribution in [2.75, 3.05) is 38.2 Å². The highest BCUT2D eigenvalue weighted by molar-refractivity contribution is 7.22. The Morgan fingerprint density at radius 3 is 2.53 bits per heavy atom. The average molecular weight is 468 g/mol. The molecule has 1 amide bonds. The van der Waals surface area contributed by atoms with E-state index in [1.807, 2.05) is 59.8 Å². The fourth-order valence-electron chi connectivity index (χ4n) is 3.98. The molecule has 0 radical (unpaired) electrons. The highest BCUT2D eigenvalue weighted by atomic mass is 32.1. The Kier molecular flexibility index (Phi) is 5.60. The van der Waals surface area contributed by atoms with Crippen molar-refractivity contribution in [2.24, 2.45) is 0 Å². The third-order valence-corrected chi connectivity index (χ3v) is 7.90. The van der Waals surface area contributed by atoms with Crippen molar-refractivity contribution in [2.45, 2.75) is 20.3 Å². The number of aryl methyl sites for hydroxylation is 2. The third-order valence-electron chi connectivity index (χ3n) is 5.70. The molecule has 166 valence electrons. The fraction of sp³-hybridized carbons (Fsp3) is 0.348. The molecular weight excluding hydrogens is 442 g/mol. The van der Waals surface area contributed by atoms with Gasteiger partial charge in [0.2, 0.25) is 0 Å². The molecule has 7 nitrogen and oxygen atoms in total. The molecule has 9 heteroatoms. The summed E-state index contributed by atoms with van der Waals surface area (Å²) in [6.07, 6.45) is 0.926. The van der Waals surface area contributed by atoms with Crippen molar-refractivity contribution >= 4 is 44.1 Å². The van der Waals surface area contributed by atoms with E-state index in [2.05, 4.69) is 4.90 Å². The van der Waals surface area contributed by atoms with E-state index in [1.54, 1.807) is 29.8 Å². The lowest BCUT2D eigenvalue weighted by atomic mass is 10.3. The standard InChI is InChI=1S/C23H25N5O2S2/c1-15-5-10-19(31-15)22(29)26-11-4-12-27(14-13-26)23-24-21-20(32-23)16(2)25-28(21)17-6-8-18(30-3)9-7-17/h5-10H,4,11-14H2,1-3H3. The summed E-state index contributed by atoms with van der Waals surface area (Å²) in [6.45, 7) is 7.20. The van der Waals surface area contributed by atoms with Crippen LogP contribution in [0.25, 0.3) is 16.0 Å². The smallest absolute Gasteiger partial charge is 0.263 e. The van der Waals surface area contributed by atoms with E-state index in [0.29, 0.717) is 6.54 Å². The Morgan fingerprint density at radius 1 is 1.00 bits per heavy atom. The van der Waals surface area contributed by atoms with E-state index in [9.17, 15) is 4.79 Å². The van der Waals surface area contributed by atoms with E-state index in [4.69, 9.17) is 14.8 Å². The second kappa shape index (κ2) is 8.55. The van der Waals surface area contributed by atoms with Gasteiger partial charge in [0.15, 0.2) is 10.8 Å². The highest BCUT2D eigenvalue weighted by Gasteiger charge is 2.24. The topological polar surface area (TPSA) is 63.5 Å². The van der Waals surface area contributed by atoms with Crippen LogP contribution in [-0.4, -0.2) is 58.9 Å². The zero-order valence-electron chi connectivity index (χ0n) is 18.4. The van der Waals surface area contributed by atoms with E-state index in [1.165, 1.54) is 4.88 Å². The van der Waals surface area contributed by atoms with Crippen LogP contribution in [0.1, 0.15) is 26.7 Å². The second-order valence-corrected chi connectivity index (χ2v) is 10.2. The van der Waals surface area contributed by atoms with Crippen molar-refractivity contribution < 1.29 is 9.53 Å². The summed E-state index contributed by atoms with van der Waals surface area (Å²) < 4.78 is 8.27. The van der Waals surface area contributed by atoms with Gasteiger partial charge in [0.25, 0.3) is 5.91 Å². The van der Waals surface area contributed by atoms with Gasteiger partial charge < -0.3 is 14.5 Å². The van der Waals surface area contributed by atoms with Crippen LogP contribution in [0.2, 0.25) is 0 Å². The van der Waals surface area contributed by atoms with E-state index in [0.717, 1.165) is 63.5 Å². The molecule has 3 aromatic heterocycles. The van der Waals surface area contributed by atoms with Gasteiger partial charge in [-0.2, -0.15) is 10.1 Å². The Bertz CT molecular complexity index is 1260. The Hall–Kier alpha value is -2.91. The number of hydrogen-bond acceptors (Lipinski definition) is 7. The van der Waals surface area contributed by atoms with Gasteiger partial charge in [-0.05, 0) is 56.7 Å². The van der Waals surface area contributed by atoms with Crippen LogP contribution in [0.4, 0.5) is 5.13 Å². The molecule has 1 fully saturated rings. The monoisotopic (exact) mass is 467 g/mol. The Balaban J connectivity index is 1.37. The molecule has 1 aliphatic rings. The molecule has 5 rings (SSSR count). The maximum Gasteiger partial charge on any atom is 0.263 e. The van der Waals surface area contributed by atoms with Gasteiger partial charge in [-0.1, -0.05) is 11.3 Å². The molecule has 4 aromatic rings. The number of hydrogen-bond donors (Lipinski definition) is 0. The molecule has 0 aliphatic carbocycles. The van der Waals surface area contributed by atoms with Crippen molar-refractivity contribution in [3.05, 3.63) is 51.8 Å². The number of thiophene rings is 1. The van der Waals surface area contributed by atoms with Crippen LogP contribution < -0.4 is 9.64 Å². The number of benzene rings is 1. The maximum absolute atomic E-state index is 12.9. The lowest BCUT2D eigenvalue weighted by Crippen LogP contribution is -2.34. The van der Waals surface area contributed by atoms with E-state index in [-0.39, 0.29) is 5.91 Å². The lowest BCUT2D eigenvalue weighted by Gasteiger charge is -2.21. The van der Waals surface area contributed by atoms with Crippen molar-refractivity contribution in [1.29, 1.82) is 0 Å². The molecule has 0 atom stereocenters. The molecule has 32 heavy (non-hydrogen) atoms. The minimum absolute atomic E-state index is 0.139. The number of methoxy groups -OCH3 is 1. The van der Waals surface area contributed by atoms with Crippen LogP contribution >= 0.6 is 22.7 Å². The number of thiazole rings is 1. The lowest BCUT2D eigenvalue weighted by molar-refractivity contribution is 0.0772. The zero-order chi connectivity index (χ0) is 22.2. The molecule has 1 saturated heterocycles. The predicted octanol–water partition coefficient (Wildman–Crippen LogP) is 4.52. The SMILES string of the molecule is COc1ccc(-n2nc(C)c3sc(N4CCCN(C(=O)c5ccc(C)s5)CC4)nc32)cc1. The van der Waals surface area contributed by atoms with Gasteiger partial charge in [-0.25, -0.2) is 4.68 Å². The number of fused-ring (bicyclic) bond motifs is 1. The minimum Gasteiger partial charge on any atom is -0.497 e. The first-order valence-corrected chi connectivity index (χ1v) is 12.3. The van der Waals surface area contributed by atoms with E-state index >= 15 is 0 Å². The number of ether oxygens (including phenoxy) is 1. The highest BCUT2D eigenvalue weighted by Crippen LogP contribution is 2.33. The number of anilines is 1. The first-order valence-electron chi connectivity index (χ1n) is 10.6. The molecule has 0 saturated carbocycles. The van der Waals surface area contributed by atoms with Crippen LogP contribution in [0.3, 0.4) is 0 Å². The van der Waals surface area contributed by atoms with Crippen LogP contribution in [-0.2, 0) is 0 Å². The van der Waals surface area contributed by atoms with Gasteiger partial charge in [-0.3, -0.25) is 4.79 Å². The van der Waals surface area contributed by atoms with Gasteiger partial charge >= 0.3 is 0 Å². The molecule has 4 heterocycles. The van der Waals surface area contributed by atoms with Gasteiger partial charge in [0.05, 0.1) is 28.1 Å². The van der Waals surface area contributed by atoms with Gasteiger partial charge in [0, 0.05) is 31.1 Å². The number of rotatable bonds is 4. The van der Waals surface area contributed by atoms with Crippen molar-refractivity contribution in [1.82, 2.24) is 19.7 Å². The normalized spacial score (nSPS) is 14.7. The van der Waals surface area contributed by atoms with Crippen molar-refractivity contribution in [3.63, 3.8) is 0 Å². The number of carbonyl (C=O) groups excluding carboxylic acids is 1. The summed E-state index contributed by atoms with van der Waals surface area (Å²) in [7, 11) is 1.66. The Morgan fingerprint density at radius 2 is 1.81 bits per heavy atom.